The summed E-state index contributed by atoms with van der Waals surface area (Å²) in [7, 11) is 0. The lowest BCUT2D eigenvalue weighted by molar-refractivity contribution is 0.282. The molecule has 0 spiro atoms. The Morgan fingerprint density at radius 2 is 2.11 bits per heavy atom. The molecular weight excluding hydrogens is 231 g/mol. The van der Waals surface area contributed by atoms with Gasteiger partial charge in [-0.25, -0.2) is 4.39 Å². The highest BCUT2D eigenvalue weighted by Gasteiger charge is 2.13. The molecule has 0 aromatic heterocycles. The van der Waals surface area contributed by atoms with E-state index in [1.165, 1.54) is 6.07 Å². The maximum atomic E-state index is 13.7. The molecule has 0 bridgehead atoms. The summed E-state index contributed by atoms with van der Waals surface area (Å²) in [5, 5.41) is 11.9. The van der Waals surface area contributed by atoms with Crippen molar-refractivity contribution in [1.29, 1.82) is 0 Å². The zero-order chi connectivity index (χ0) is 13.4. The molecule has 18 heavy (non-hydrogen) atoms. The van der Waals surface area contributed by atoms with Crippen LogP contribution >= 0.6 is 0 Å². The standard InChI is InChI=1S/C14H23FN2O/c1-11-5-6-13(15)12(9-11)14(10-16)17-7-3-2-4-8-18/h5-6,9,14,17-18H,2-4,7-8,10,16H2,1H3. The minimum atomic E-state index is -0.209. The number of hydrogen-bond donors (Lipinski definition) is 3. The van der Waals surface area contributed by atoms with Crippen LogP contribution in [0.3, 0.4) is 0 Å². The number of nitrogens with two attached hydrogens (primary N) is 1. The summed E-state index contributed by atoms with van der Waals surface area (Å²) in [5.74, 6) is -0.209. The molecule has 0 heterocycles. The van der Waals surface area contributed by atoms with Crippen molar-refractivity contribution in [3.05, 3.63) is 35.1 Å². The van der Waals surface area contributed by atoms with Gasteiger partial charge in [-0.1, -0.05) is 17.7 Å². The van der Waals surface area contributed by atoms with E-state index in [9.17, 15) is 4.39 Å². The normalized spacial score (nSPS) is 12.7. The first-order valence-electron chi connectivity index (χ1n) is 6.49. The average Bonchev–Trinajstić information content (AvgIpc) is 2.37. The van der Waals surface area contributed by atoms with Crippen molar-refractivity contribution >= 4 is 0 Å². The van der Waals surface area contributed by atoms with Gasteiger partial charge in [-0.15, -0.1) is 0 Å². The third kappa shape index (κ3) is 4.72. The topological polar surface area (TPSA) is 58.3 Å². The van der Waals surface area contributed by atoms with Crippen LogP contribution < -0.4 is 11.1 Å². The van der Waals surface area contributed by atoms with E-state index in [0.29, 0.717) is 12.1 Å². The molecule has 102 valence electrons. The second-order valence-corrected chi connectivity index (χ2v) is 4.55. The summed E-state index contributed by atoms with van der Waals surface area (Å²) >= 11 is 0. The molecule has 0 amide bonds. The fourth-order valence-electron chi connectivity index (χ4n) is 1.94. The maximum absolute atomic E-state index is 13.7. The summed E-state index contributed by atoms with van der Waals surface area (Å²) in [6.07, 6.45) is 2.75. The van der Waals surface area contributed by atoms with Gasteiger partial charge in [0.05, 0.1) is 0 Å². The fraction of sp³-hybridized carbons (Fsp3) is 0.571. The van der Waals surface area contributed by atoms with Gasteiger partial charge in [0, 0.05) is 24.8 Å². The number of halogens is 1. The molecule has 0 aliphatic carbocycles. The second-order valence-electron chi connectivity index (χ2n) is 4.55. The Balaban J connectivity index is 2.52. The van der Waals surface area contributed by atoms with E-state index in [1.807, 2.05) is 13.0 Å². The van der Waals surface area contributed by atoms with E-state index in [-0.39, 0.29) is 18.5 Å². The van der Waals surface area contributed by atoms with Crippen LogP contribution in [0.25, 0.3) is 0 Å². The number of rotatable bonds is 8. The van der Waals surface area contributed by atoms with Crippen LogP contribution in [0.5, 0.6) is 0 Å². The van der Waals surface area contributed by atoms with Crippen molar-refractivity contribution < 1.29 is 9.50 Å². The zero-order valence-corrected chi connectivity index (χ0v) is 11.0. The van der Waals surface area contributed by atoms with E-state index in [1.54, 1.807) is 6.07 Å². The lowest BCUT2D eigenvalue weighted by Crippen LogP contribution is -2.29. The summed E-state index contributed by atoms with van der Waals surface area (Å²) < 4.78 is 13.7. The van der Waals surface area contributed by atoms with E-state index in [2.05, 4.69) is 5.32 Å². The number of aryl methyl sites for hydroxylation is 1. The van der Waals surface area contributed by atoms with Gasteiger partial charge in [0.1, 0.15) is 5.82 Å². The number of aliphatic hydroxyl groups is 1. The molecular formula is C14H23FN2O. The van der Waals surface area contributed by atoms with Crippen LogP contribution in [-0.2, 0) is 0 Å². The van der Waals surface area contributed by atoms with Gasteiger partial charge >= 0.3 is 0 Å². The largest absolute Gasteiger partial charge is 0.396 e. The number of hydrogen-bond acceptors (Lipinski definition) is 3. The van der Waals surface area contributed by atoms with Gasteiger partial charge in [0.15, 0.2) is 0 Å². The van der Waals surface area contributed by atoms with Gasteiger partial charge in [0.2, 0.25) is 0 Å². The van der Waals surface area contributed by atoms with Crippen molar-refractivity contribution in [1.82, 2.24) is 5.32 Å². The molecule has 4 heteroatoms. The smallest absolute Gasteiger partial charge is 0.128 e. The number of nitrogens with one attached hydrogen (secondary N) is 1. The molecule has 1 aromatic rings. The molecule has 4 N–H and O–H groups in total. The van der Waals surface area contributed by atoms with Gasteiger partial charge < -0.3 is 16.2 Å². The zero-order valence-electron chi connectivity index (χ0n) is 11.0. The quantitative estimate of drug-likeness (QED) is 0.621. The van der Waals surface area contributed by atoms with E-state index in [0.717, 1.165) is 31.4 Å². The van der Waals surface area contributed by atoms with Crippen molar-refractivity contribution in [2.45, 2.75) is 32.2 Å². The molecule has 1 atom stereocenters. The summed E-state index contributed by atoms with van der Waals surface area (Å²) in [6, 6.07) is 4.95. The Hall–Kier alpha value is -0.970. The summed E-state index contributed by atoms with van der Waals surface area (Å²) in [5.41, 5.74) is 7.37. The first kappa shape index (κ1) is 15.1. The predicted molar refractivity (Wildman–Crippen MR) is 71.9 cm³/mol. The molecule has 1 unspecified atom stereocenters. The first-order chi connectivity index (χ1) is 8.69. The Bertz CT molecular complexity index is 358. The first-order valence-corrected chi connectivity index (χ1v) is 6.49. The van der Waals surface area contributed by atoms with Gasteiger partial charge in [-0.2, -0.15) is 0 Å². The SMILES string of the molecule is Cc1ccc(F)c(C(CN)NCCCCCO)c1. The molecule has 3 nitrogen and oxygen atoms in total. The molecule has 0 aliphatic rings. The van der Waals surface area contributed by atoms with Gasteiger partial charge in [-0.3, -0.25) is 0 Å². The Labute approximate surface area is 108 Å². The number of unbranched alkanes of at least 4 members (excludes halogenated alkanes) is 2. The van der Waals surface area contributed by atoms with Crippen LogP contribution in [0.15, 0.2) is 18.2 Å². The number of aliphatic hydroxyl groups excluding tert-OH is 1. The molecule has 1 aromatic carbocycles. The van der Waals surface area contributed by atoms with Crippen molar-refractivity contribution in [3.8, 4) is 0 Å². The monoisotopic (exact) mass is 254 g/mol. The fourth-order valence-corrected chi connectivity index (χ4v) is 1.94. The second kappa shape index (κ2) is 8.19. The lowest BCUT2D eigenvalue weighted by Gasteiger charge is -2.18. The number of benzene rings is 1. The highest BCUT2D eigenvalue weighted by Crippen LogP contribution is 2.18. The molecule has 0 saturated carbocycles. The van der Waals surface area contributed by atoms with Crippen LogP contribution in [-0.4, -0.2) is 24.8 Å². The summed E-state index contributed by atoms with van der Waals surface area (Å²) in [4.78, 5) is 0. The minimum Gasteiger partial charge on any atom is -0.396 e. The molecule has 0 fully saturated rings. The highest BCUT2D eigenvalue weighted by molar-refractivity contribution is 5.27. The third-order valence-electron chi connectivity index (χ3n) is 2.99. The third-order valence-corrected chi connectivity index (χ3v) is 2.99. The van der Waals surface area contributed by atoms with Gasteiger partial charge in [-0.05, 0) is 38.8 Å². The van der Waals surface area contributed by atoms with E-state index in [4.69, 9.17) is 10.8 Å². The Kier molecular flexibility index (Phi) is 6.86. The molecule has 0 radical (unpaired) electrons. The Morgan fingerprint density at radius 1 is 1.33 bits per heavy atom. The van der Waals surface area contributed by atoms with Crippen molar-refractivity contribution in [2.75, 3.05) is 19.7 Å². The van der Waals surface area contributed by atoms with E-state index < -0.39 is 0 Å². The van der Waals surface area contributed by atoms with Crippen molar-refractivity contribution in [3.63, 3.8) is 0 Å². The van der Waals surface area contributed by atoms with E-state index >= 15 is 0 Å². The molecule has 1 rings (SSSR count). The summed E-state index contributed by atoms with van der Waals surface area (Å²) in [6.45, 7) is 3.33. The lowest BCUT2D eigenvalue weighted by atomic mass is 10.0. The van der Waals surface area contributed by atoms with Crippen molar-refractivity contribution in [2.24, 2.45) is 5.73 Å². The van der Waals surface area contributed by atoms with Crippen LogP contribution in [0.1, 0.15) is 36.4 Å². The predicted octanol–water partition coefficient (Wildman–Crippen LogP) is 1.89. The molecule has 0 aliphatic heterocycles. The average molecular weight is 254 g/mol. The maximum Gasteiger partial charge on any atom is 0.128 e. The minimum absolute atomic E-state index is 0.140. The van der Waals surface area contributed by atoms with Crippen LogP contribution in [0.4, 0.5) is 4.39 Å². The highest BCUT2D eigenvalue weighted by atomic mass is 19.1. The Morgan fingerprint density at radius 3 is 2.78 bits per heavy atom. The molecule has 0 saturated heterocycles. The van der Waals surface area contributed by atoms with Gasteiger partial charge in [0.25, 0.3) is 0 Å². The van der Waals surface area contributed by atoms with Crippen LogP contribution in [0.2, 0.25) is 0 Å². The van der Waals surface area contributed by atoms with Crippen LogP contribution in [0, 0.1) is 12.7 Å².